The van der Waals surface area contributed by atoms with Crippen LogP contribution in [-0.2, 0) is 6.18 Å². The van der Waals surface area contributed by atoms with Crippen LogP contribution in [0.2, 0.25) is 0 Å². The van der Waals surface area contributed by atoms with Crippen LogP contribution in [0.1, 0.15) is 24.5 Å². The molecule has 0 atom stereocenters. The van der Waals surface area contributed by atoms with Crippen LogP contribution in [0.15, 0.2) is 71.1 Å². The van der Waals surface area contributed by atoms with Crippen LogP contribution in [0.25, 0.3) is 0 Å². The molecule has 0 radical (unpaired) electrons. The van der Waals surface area contributed by atoms with Crippen molar-refractivity contribution in [1.82, 2.24) is 0 Å². The van der Waals surface area contributed by atoms with E-state index in [1.54, 1.807) is 31.6 Å². The minimum absolute atomic E-state index is 0.0439. The van der Waals surface area contributed by atoms with E-state index in [4.69, 9.17) is 10.5 Å². The summed E-state index contributed by atoms with van der Waals surface area (Å²) in [7, 11) is 1.54. The van der Waals surface area contributed by atoms with E-state index in [9.17, 15) is 18.3 Å². The average Bonchev–Trinajstić information content (AvgIpc) is 2.85. The number of thiol groups is 1. The van der Waals surface area contributed by atoms with Crippen LogP contribution in [-0.4, -0.2) is 43.9 Å². The van der Waals surface area contributed by atoms with Crippen molar-refractivity contribution in [3.05, 3.63) is 77.1 Å². The number of hydrogen-bond acceptors (Lipinski definition) is 7. The Bertz CT molecular complexity index is 1170. The van der Waals surface area contributed by atoms with Crippen LogP contribution < -0.4 is 20.4 Å². The molecule has 3 N–H and O–H groups in total. The molecule has 2 aliphatic heterocycles. The van der Waals surface area contributed by atoms with Gasteiger partial charge in [-0.25, -0.2) is 5.01 Å². The van der Waals surface area contributed by atoms with E-state index in [0.29, 0.717) is 47.8 Å². The Hall–Kier alpha value is -3.11. The number of nitrogens with zero attached hydrogens (tertiary/aromatic N) is 3. The van der Waals surface area contributed by atoms with Gasteiger partial charge in [0.05, 0.1) is 35.5 Å². The normalized spacial score (nSPS) is 16.3. The summed E-state index contributed by atoms with van der Waals surface area (Å²) in [6.07, 6.45) is -2.39. The van der Waals surface area contributed by atoms with Crippen molar-refractivity contribution in [2.75, 3.05) is 43.0 Å². The molecule has 36 heavy (non-hydrogen) atoms. The van der Waals surface area contributed by atoms with Gasteiger partial charge in [-0.1, -0.05) is 25.6 Å². The second kappa shape index (κ2) is 11.3. The van der Waals surface area contributed by atoms with Gasteiger partial charge in [0.1, 0.15) is 5.75 Å². The first-order valence-electron chi connectivity index (χ1n) is 11.4. The molecule has 2 heterocycles. The number of aliphatic hydroxyl groups excluding tert-OH is 1. The number of alkyl halides is 3. The number of ether oxygens (including phenoxy) is 1. The lowest BCUT2D eigenvalue weighted by Gasteiger charge is -2.41. The maximum atomic E-state index is 14.0. The van der Waals surface area contributed by atoms with Gasteiger partial charge in [-0.15, -0.1) is 0 Å². The van der Waals surface area contributed by atoms with Crippen LogP contribution in [0.3, 0.4) is 0 Å². The van der Waals surface area contributed by atoms with Gasteiger partial charge in [-0.2, -0.15) is 30.9 Å². The molecule has 0 aliphatic carbocycles. The molecule has 1 fully saturated rings. The first-order chi connectivity index (χ1) is 17.2. The number of methoxy groups -OCH3 is 1. The monoisotopic (exact) mass is 520 g/mol. The second-order valence-electron chi connectivity index (χ2n) is 8.34. The molecule has 2 aromatic rings. The minimum Gasteiger partial charge on any atom is -0.497 e. The number of aliphatic hydroxyl groups is 1. The van der Waals surface area contributed by atoms with Crippen molar-refractivity contribution in [1.29, 1.82) is 0 Å². The topological polar surface area (TPSA) is 74.3 Å². The van der Waals surface area contributed by atoms with Gasteiger partial charge in [0, 0.05) is 42.4 Å². The van der Waals surface area contributed by atoms with Gasteiger partial charge in [0.15, 0.2) is 0 Å². The molecule has 0 bridgehead atoms. The molecular formula is C26H31F3N4O2S. The van der Waals surface area contributed by atoms with Crippen molar-refractivity contribution < 1.29 is 23.0 Å². The van der Waals surface area contributed by atoms with E-state index in [1.165, 1.54) is 17.1 Å². The van der Waals surface area contributed by atoms with Gasteiger partial charge in [0.2, 0.25) is 0 Å². The molecule has 0 saturated carbocycles. The molecule has 194 valence electrons. The fraction of sp³-hybridized carbons (Fsp3) is 0.346. The molecular weight excluding hydrogens is 489 g/mol. The highest BCUT2D eigenvalue weighted by atomic mass is 32.1. The number of nitrogens with two attached hydrogens (primary N) is 1. The third kappa shape index (κ3) is 5.34. The average molecular weight is 521 g/mol. The van der Waals surface area contributed by atoms with Gasteiger partial charge in [-0.3, -0.25) is 0 Å². The van der Waals surface area contributed by atoms with Gasteiger partial charge < -0.3 is 20.5 Å². The highest BCUT2D eigenvalue weighted by molar-refractivity contribution is 7.79. The largest absolute Gasteiger partial charge is 0.497 e. The number of halogens is 3. The molecule has 2 aromatic carbocycles. The number of hydrogen-bond donors (Lipinski definition) is 3. The predicted molar refractivity (Wildman–Crippen MR) is 142 cm³/mol. The summed E-state index contributed by atoms with van der Waals surface area (Å²) in [5, 5.41) is 15.1. The molecule has 0 spiro atoms. The Balaban J connectivity index is 0.00000176. The molecule has 4 rings (SSSR count). The Morgan fingerprint density at radius 3 is 2.47 bits per heavy atom. The first kappa shape index (κ1) is 27.5. The van der Waals surface area contributed by atoms with Gasteiger partial charge in [0.25, 0.3) is 0 Å². The van der Waals surface area contributed by atoms with E-state index in [2.05, 4.69) is 24.3 Å². The quantitative estimate of drug-likeness (QED) is 0.465. The van der Waals surface area contributed by atoms with E-state index < -0.39 is 11.7 Å². The number of rotatable bonds is 6. The van der Waals surface area contributed by atoms with Crippen molar-refractivity contribution in [3.63, 3.8) is 0 Å². The van der Waals surface area contributed by atoms with E-state index in [1.807, 2.05) is 17.9 Å². The fourth-order valence-electron chi connectivity index (χ4n) is 4.22. The number of benzene rings is 2. The van der Waals surface area contributed by atoms with E-state index >= 15 is 0 Å². The van der Waals surface area contributed by atoms with Crippen LogP contribution in [0, 0.1) is 5.92 Å². The first-order valence-corrected chi connectivity index (χ1v) is 12.3. The fourth-order valence-corrected chi connectivity index (χ4v) is 4.22. The minimum atomic E-state index is -4.61. The number of allylic oxidation sites excluding steroid dienone is 1. The zero-order valence-corrected chi connectivity index (χ0v) is 21.4. The Morgan fingerprint density at radius 2 is 1.89 bits per heavy atom. The predicted octanol–water partition coefficient (Wildman–Crippen LogP) is 5.05. The molecule has 2 aliphatic rings. The van der Waals surface area contributed by atoms with Crippen molar-refractivity contribution >= 4 is 29.7 Å². The standard InChI is InChI=1S/C25H27F3N4O2.CH4S/c1-4-20-23(29)15(2)32(30-24(20)17-6-5-7-19(10-17)34-3)22-11-18(31-12-16(13-31)14-33)8-9-21(22)25(26,27)28;1-2/h5-11,16,33H,2,4,12-14,29H2,1,3H3;2H,1H3. The zero-order valence-electron chi connectivity index (χ0n) is 20.5. The Morgan fingerprint density at radius 1 is 1.19 bits per heavy atom. The highest BCUT2D eigenvalue weighted by Gasteiger charge is 2.38. The molecule has 6 nitrogen and oxygen atoms in total. The van der Waals surface area contributed by atoms with Crippen LogP contribution in [0.5, 0.6) is 5.75 Å². The van der Waals surface area contributed by atoms with Crippen molar-refractivity contribution in [2.45, 2.75) is 19.5 Å². The number of anilines is 2. The highest BCUT2D eigenvalue weighted by Crippen LogP contribution is 2.43. The Kier molecular flexibility index (Phi) is 8.63. The molecule has 10 heteroatoms. The SMILES string of the molecule is C=C1C(N)=C(CC)C(c2cccc(OC)c2)=NN1c1cc(N2CC(CO)C2)ccc1C(F)(F)F.CS. The molecule has 1 saturated heterocycles. The van der Waals surface area contributed by atoms with Crippen LogP contribution >= 0.6 is 12.6 Å². The lowest BCUT2D eigenvalue weighted by atomic mass is 9.95. The zero-order chi connectivity index (χ0) is 26.6. The number of hydrazone groups is 1. The molecule has 0 aromatic heterocycles. The summed E-state index contributed by atoms with van der Waals surface area (Å²) in [5.41, 5.74) is 8.34. The third-order valence-corrected chi connectivity index (χ3v) is 6.17. The van der Waals surface area contributed by atoms with Crippen molar-refractivity contribution in [3.8, 4) is 5.75 Å². The maximum absolute atomic E-state index is 14.0. The Labute approximate surface area is 214 Å². The molecule has 0 unspecified atom stereocenters. The maximum Gasteiger partial charge on any atom is 0.418 e. The van der Waals surface area contributed by atoms with Crippen LogP contribution in [0.4, 0.5) is 24.5 Å². The summed E-state index contributed by atoms with van der Waals surface area (Å²) >= 11 is 3.53. The summed E-state index contributed by atoms with van der Waals surface area (Å²) in [6.45, 7) is 7.06. The lowest BCUT2D eigenvalue weighted by molar-refractivity contribution is -0.137. The summed E-state index contributed by atoms with van der Waals surface area (Å²) in [6, 6.07) is 11.1. The summed E-state index contributed by atoms with van der Waals surface area (Å²) in [4.78, 5) is 1.92. The van der Waals surface area contributed by atoms with E-state index in [-0.39, 0.29) is 29.6 Å². The van der Waals surface area contributed by atoms with Gasteiger partial charge in [-0.05, 0) is 43.0 Å². The molecule has 0 amide bonds. The third-order valence-electron chi connectivity index (χ3n) is 6.17. The van der Waals surface area contributed by atoms with E-state index in [0.717, 1.165) is 6.07 Å². The lowest BCUT2D eigenvalue weighted by Crippen LogP contribution is -2.48. The van der Waals surface area contributed by atoms with Crippen molar-refractivity contribution in [2.24, 2.45) is 16.8 Å². The second-order valence-corrected chi connectivity index (χ2v) is 8.34. The summed E-state index contributed by atoms with van der Waals surface area (Å²) in [5.74, 6) is 0.707. The summed E-state index contributed by atoms with van der Waals surface area (Å²) < 4.78 is 47.4. The van der Waals surface area contributed by atoms with Gasteiger partial charge >= 0.3 is 6.18 Å². The smallest absolute Gasteiger partial charge is 0.418 e.